The standard InChI is InChI=1S/C13H32N3O3P/c1-13(20(17,18)19)7-5-3-2-4-6-9-15-11-12-16-10-8-14/h13,15-16H,2-12,14H2,1H3,(H2,17,18,19). The first-order valence-corrected chi connectivity index (χ1v) is 9.33. The average Bonchev–Trinajstić information content (AvgIpc) is 2.38. The second-order valence-corrected chi connectivity index (χ2v) is 7.34. The summed E-state index contributed by atoms with van der Waals surface area (Å²) < 4.78 is 10.9. The SMILES string of the molecule is CC(CCCCCCCNCCNCCN)P(=O)(O)O. The Morgan fingerprint density at radius 2 is 1.50 bits per heavy atom. The Balaban J connectivity index is 3.16. The lowest BCUT2D eigenvalue weighted by Gasteiger charge is -2.12. The van der Waals surface area contributed by atoms with Crippen LogP contribution >= 0.6 is 7.60 Å². The lowest BCUT2D eigenvalue weighted by molar-refractivity contribution is 0.355. The molecule has 0 bridgehead atoms. The highest BCUT2D eigenvalue weighted by molar-refractivity contribution is 7.52. The zero-order valence-corrected chi connectivity index (χ0v) is 13.6. The van der Waals surface area contributed by atoms with E-state index < -0.39 is 13.3 Å². The van der Waals surface area contributed by atoms with Crippen LogP contribution in [0.4, 0.5) is 0 Å². The molecule has 0 heterocycles. The van der Waals surface area contributed by atoms with Crippen molar-refractivity contribution in [3.63, 3.8) is 0 Å². The number of unbranched alkanes of at least 4 members (excludes halogenated alkanes) is 4. The molecular weight excluding hydrogens is 277 g/mol. The van der Waals surface area contributed by atoms with E-state index in [0.717, 1.165) is 51.9 Å². The van der Waals surface area contributed by atoms with E-state index in [0.29, 0.717) is 13.0 Å². The molecule has 6 N–H and O–H groups in total. The first-order valence-electron chi connectivity index (χ1n) is 7.65. The highest BCUT2D eigenvalue weighted by atomic mass is 31.2. The number of rotatable bonds is 14. The van der Waals surface area contributed by atoms with E-state index in [9.17, 15) is 4.57 Å². The Morgan fingerprint density at radius 3 is 2.10 bits per heavy atom. The van der Waals surface area contributed by atoms with Crippen molar-refractivity contribution in [2.45, 2.75) is 51.1 Å². The predicted octanol–water partition coefficient (Wildman–Crippen LogP) is 1.03. The summed E-state index contributed by atoms with van der Waals surface area (Å²) in [6.45, 7) is 6.14. The minimum Gasteiger partial charge on any atom is -0.329 e. The topological polar surface area (TPSA) is 108 Å². The molecule has 0 saturated heterocycles. The Hall–Kier alpha value is 0.0300. The molecule has 0 aliphatic heterocycles. The van der Waals surface area contributed by atoms with Gasteiger partial charge in [0.1, 0.15) is 0 Å². The highest BCUT2D eigenvalue weighted by Crippen LogP contribution is 2.43. The first kappa shape index (κ1) is 20.0. The molecule has 1 unspecified atom stereocenters. The maximum absolute atomic E-state index is 10.9. The fourth-order valence-corrected chi connectivity index (χ4v) is 2.44. The Labute approximate surface area is 123 Å². The lowest BCUT2D eigenvalue weighted by atomic mass is 10.1. The summed E-state index contributed by atoms with van der Waals surface area (Å²) in [7, 11) is -3.86. The van der Waals surface area contributed by atoms with Crippen molar-refractivity contribution in [1.82, 2.24) is 10.6 Å². The third-order valence-electron chi connectivity index (χ3n) is 3.35. The van der Waals surface area contributed by atoms with Crippen molar-refractivity contribution >= 4 is 7.60 Å². The van der Waals surface area contributed by atoms with Gasteiger partial charge in [-0.1, -0.05) is 32.6 Å². The van der Waals surface area contributed by atoms with E-state index in [2.05, 4.69) is 10.6 Å². The quantitative estimate of drug-likeness (QED) is 0.242. The Morgan fingerprint density at radius 1 is 0.950 bits per heavy atom. The van der Waals surface area contributed by atoms with E-state index in [1.165, 1.54) is 6.42 Å². The Bertz CT molecular complexity index is 261. The molecule has 0 aromatic rings. The van der Waals surface area contributed by atoms with Crippen molar-refractivity contribution in [3.05, 3.63) is 0 Å². The van der Waals surface area contributed by atoms with Gasteiger partial charge in [-0.15, -0.1) is 0 Å². The average molecular weight is 309 g/mol. The molecule has 122 valence electrons. The van der Waals surface area contributed by atoms with Crippen molar-refractivity contribution in [2.24, 2.45) is 5.73 Å². The zero-order valence-electron chi connectivity index (χ0n) is 12.7. The van der Waals surface area contributed by atoms with Crippen LogP contribution < -0.4 is 16.4 Å². The van der Waals surface area contributed by atoms with Gasteiger partial charge in [-0.2, -0.15) is 0 Å². The van der Waals surface area contributed by atoms with Crippen LogP contribution in [0.15, 0.2) is 0 Å². The maximum Gasteiger partial charge on any atom is 0.328 e. The highest BCUT2D eigenvalue weighted by Gasteiger charge is 2.22. The molecule has 7 heteroatoms. The molecule has 0 aromatic heterocycles. The monoisotopic (exact) mass is 309 g/mol. The van der Waals surface area contributed by atoms with E-state index in [4.69, 9.17) is 15.5 Å². The van der Waals surface area contributed by atoms with Crippen molar-refractivity contribution in [1.29, 1.82) is 0 Å². The van der Waals surface area contributed by atoms with Gasteiger partial charge in [0.25, 0.3) is 0 Å². The van der Waals surface area contributed by atoms with Crippen molar-refractivity contribution in [3.8, 4) is 0 Å². The molecule has 0 fully saturated rings. The summed E-state index contributed by atoms with van der Waals surface area (Å²) in [5, 5.41) is 6.59. The first-order chi connectivity index (χ1) is 9.48. The largest absolute Gasteiger partial charge is 0.329 e. The molecule has 0 spiro atoms. The van der Waals surface area contributed by atoms with E-state index in [-0.39, 0.29) is 0 Å². The number of hydrogen-bond acceptors (Lipinski definition) is 4. The van der Waals surface area contributed by atoms with Crippen LogP contribution in [0.5, 0.6) is 0 Å². The molecule has 0 saturated carbocycles. The van der Waals surface area contributed by atoms with Gasteiger partial charge in [-0.25, -0.2) is 0 Å². The molecule has 0 amide bonds. The molecule has 0 aliphatic rings. The third kappa shape index (κ3) is 13.0. The van der Waals surface area contributed by atoms with Gasteiger partial charge in [0.2, 0.25) is 0 Å². The zero-order chi connectivity index (χ0) is 15.3. The van der Waals surface area contributed by atoms with E-state index in [1.807, 2.05) is 0 Å². The van der Waals surface area contributed by atoms with Gasteiger partial charge in [0, 0.05) is 26.2 Å². The molecule has 0 aromatic carbocycles. The molecule has 0 rings (SSSR count). The summed E-state index contributed by atoms with van der Waals surface area (Å²) in [5.74, 6) is 0. The molecule has 1 atom stereocenters. The second kappa shape index (κ2) is 12.7. The molecule has 6 nitrogen and oxygen atoms in total. The molecule has 0 radical (unpaired) electrons. The van der Waals surface area contributed by atoms with Gasteiger partial charge >= 0.3 is 7.60 Å². The van der Waals surface area contributed by atoms with Gasteiger partial charge in [0.05, 0.1) is 5.66 Å². The molecular formula is C13H32N3O3P. The van der Waals surface area contributed by atoms with Crippen LogP contribution in [-0.4, -0.2) is 48.2 Å². The molecule has 0 aliphatic carbocycles. The minimum absolute atomic E-state index is 0.495. The van der Waals surface area contributed by atoms with E-state index in [1.54, 1.807) is 6.92 Å². The number of hydrogen-bond donors (Lipinski definition) is 5. The fraction of sp³-hybridized carbons (Fsp3) is 1.00. The van der Waals surface area contributed by atoms with Crippen LogP contribution in [0.2, 0.25) is 0 Å². The van der Waals surface area contributed by atoms with Gasteiger partial charge in [-0.05, 0) is 19.4 Å². The van der Waals surface area contributed by atoms with Crippen LogP contribution in [-0.2, 0) is 4.57 Å². The summed E-state index contributed by atoms with van der Waals surface area (Å²) in [6.07, 6.45) is 6.06. The van der Waals surface area contributed by atoms with Gasteiger partial charge in [0.15, 0.2) is 0 Å². The minimum atomic E-state index is -3.86. The van der Waals surface area contributed by atoms with Gasteiger partial charge in [-0.3, -0.25) is 4.57 Å². The summed E-state index contributed by atoms with van der Waals surface area (Å²) >= 11 is 0. The van der Waals surface area contributed by atoms with Crippen LogP contribution in [0, 0.1) is 0 Å². The summed E-state index contributed by atoms with van der Waals surface area (Å²) in [5.41, 5.74) is 4.87. The molecule has 20 heavy (non-hydrogen) atoms. The lowest BCUT2D eigenvalue weighted by Crippen LogP contribution is -2.31. The van der Waals surface area contributed by atoms with Crippen LogP contribution in [0.1, 0.15) is 45.4 Å². The van der Waals surface area contributed by atoms with E-state index >= 15 is 0 Å². The smallest absolute Gasteiger partial charge is 0.328 e. The Kier molecular flexibility index (Phi) is 12.8. The number of nitrogens with two attached hydrogens (primary N) is 1. The van der Waals surface area contributed by atoms with Crippen molar-refractivity contribution in [2.75, 3.05) is 32.7 Å². The summed E-state index contributed by atoms with van der Waals surface area (Å²) in [6, 6.07) is 0. The number of nitrogens with one attached hydrogen (secondary N) is 2. The second-order valence-electron chi connectivity index (χ2n) is 5.28. The fourth-order valence-electron chi connectivity index (χ4n) is 1.92. The summed E-state index contributed by atoms with van der Waals surface area (Å²) in [4.78, 5) is 17.9. The van der Waals surface area contributed by atoms with Crippen LogP contribution in [0.25, 0.3) is 0 Å². The van der Waals surface area contributed by atoms with Crippen LogP contribution in [0.3, 0.4) is 0 Å². The maximum atomic E-state index is 10.9. The van der Waals surface area contributed by atoms with Gasteiger partial charge < -0.3 is 26.2 Å². The predicted molar refractivity (Wildman–Crippen MR) is 84.0 cm³/mol. The normalized spacial score (nSPS) is 13.6. The van der Waals surface area contributed by atoms with Crippen molar-refractivity contribution < 1.29 is 14.4 Å². The third-order valence-corrected chi connectivity index (χ3v) is 4.76.